The van der Waals surface area contributed by atoms with Crippen molar-refractivity contribution in [3.8, 4) is 5.75 Å². The van der Waals surface area contributed by atoms with Gasteiger partial charge in [-0.1, -0.05) is 35.3 Å². The minimum absolute atomic E-state index is 0.0498. The van der Waals surface area contributed by atoms with Gasteiger partial charge in [0.15, 0.2) is 0 Å². The highest BCUT2D eigenvalue weighted by atomic mass is 35.5. The number of methoxy groups -OCH3 is 1. The molecule has 0 saturated carbocycles. The molecule has 6 nitrogen and oxygen atoms in total. The van der Waals surface area contributed by atoms with E-state index in [9.17, 15) is 13.2 Å². The summed E-state index contributed by atoms with van der Waals surface area (Å²) in [7, 11) is -2.50. The van der Waals surface area contributed by atoms with Crippen molar-refractivity contribution in [2.24, 2.45) is 0 Å². The SMILES string of the molecule is COc1ccc(S(=O)(=O)N(CC(=O)NCCCc2ccc(Cl)cc2)c2ccc(Cl)cc2)cc1. The van der Waals surface area contributed by atoms with Crippen LogP contribution in [0.1, 0.15) is 12.0 Å². The van der Waals surface area contributed by atoms with Gasteiger partial charge in [0.1, 0.15) is 12.3 Å². The summed E-state index contributed by atoms with van der Waals surface area (Å²) in [6.07, 6.45) is 1.47. The first-order valence-corrected chi connectivity index (χ1v) is 12.4. The van der Waals surface area contributed by atoms with Crippen LogP contribution in [-0.4, -0.2) is 34.5 Å². The predicted molar refractivity (Wildman–Crippen MR) is 132 cm³/mol. The molecule has 1 amide bonds. The number of nitrogens with zero attached hydrogens (tertiary/aromatic N) is 1. The van der Waals surface area contributed by atoms with Crippen molar-refractivity contribution in [1.29, 1.82) is 0 Å². The summed E-state index contributed by atoms with van der Waals surface area (Å²) >= 11 is 11.9. The van der Waals surface area contributed by atoms with E-state index in [1.807, 2.05) is 24.3 Å². The summed E-state index contributed by atoms with van der Waals surface area (Å²) in [6, 6.07) is 19.8. The van der Waals surface area contributed by atoms with Gasteiger partial charge in [0.25, 0.3) is 10.0 Å². The lowest BCUT2D eigenvalue weighted by atomic mass is 10.1. The minimum Gasteiger partial charge on any atom is -0.497 e. The molecule has 3 aromatic rings. The summed E-state index contributed by atoms with van der Waals surface area (Å²) in [4.78, 5) is 12.7. The van der Waals surface area contributed by atoms with Crippen LogP contribution in [0.3, 0.4) is 0 Å². The van der Waals surface area contributed by atoms with Gasteiger partial charge in [0.05, 0.1) is 17.7 Å². The highest BCUT2D eigenvalue weighted by Crippen LogP contribution is 2.26. The average Bonchev–Trinajstić information content (AvgIpc) is 2.82. The molecule has 0 saturated heterocycles. The van der Waals surface area contributed by atoms with Crippen LogP contribution in [0.2, 0.25) is 10.0 Å². The molecule has 0 radical (unpaired) electrons. The quantitative estimate of drug-likeness (QED) is 0.394. The van der Waals surface area contributed by atoms with E-state index in [-0.39, 0.29) is 11.4 Å². The van der Waals surface area contributed by atoms with Crippen LogP contribution in [0.15, 0.2) is 77.7 Å². The zero-order chi connectivity index (χ0) is 23.8. The number of halogens is 2. The Morgan fingerprint density at radius 1 is 0.909 bits per heavy atom. The number of sulfonamides is 1. The minimum atomic E-state index is -4.00. The molecule has 0 unspecified atom stereocenters. The second-order valence-electron chi connectivity index (χ2n) is 7.24. The van der Waals surface area contributed by atoms with E-state index in [1.165, 1.54) is 19.2 Å². The van der Waals surface area contributed by atoms with E-state index in [4.69, 9.17) is 27.9 Å². The molecule has 0 spiro atoms. The lowest BCUT2D eigenvalue weighted by molar-refractivity contribution is -0.119. The number of rotatable bonds is 10. The van der Waals surface area contributed by atoms with Gasteiger partial charge in [-0.3, -0.25) is 9.10 Å². The number of amides is 1. The average molecular weight is 507 g/mol. The molecule has 1 N–H and O–H groups in total. The summed E-state index contributed by atoms with van der Waals surface area (Å²) in [5, 5.41) is 3.94. The first kappa shape index (κ1) is 24.9. The van der Waals surface area contributed by atoms with E-state index in [2.05, 4.69) is 5.32 Å². The molecule has 0 aliphatic heterocycles. The Bertz CT molecular complexity index is 1170. The molecule has 0 bridgehead atoms. The van der Waals surface area contributed by atoms with Gasteiger partial charge in [-0.2, -0.15) is 0 Å². The van der Waals surface area contributed by atoms with Crippen LogP contribution >= 0.6 is 23.2 Å². The van der Waals surface area contributed by atoms with E-state index >= 15 is 0 Å². The molecular weight excluding hydrogens is 483 g/mol. The predicted octanol–water partition coefficient (Wildman–Crippen LogP) is 4.95. The molecule has 0 heterocycles. The number of benzene rings is 3. The third kappa shape index (κ3) is 6.87. The van der Waals surface area contributed by atoms with E-state index < -0.39 is 15.9 Å². The molecule has 33 heavy (non-hydrogen) atoms. The molecule has 174 valence electrons. The molecule has 0 aromatic heterocycles. The second kappa shape index (κ2) is 11.4. The van der Waals surface area contributed by atoms with E-state index in [1.54, 1.807) is 36.4 Å². The Hall–Kier alpha value is -2.74. The Morgan fingerprint density at radius 2 is 1.48 bits per heavy atom. The van der Waals surface area contributed by atoms with Crippen LogP contribution in [0.5, 0.6) is 5.75 Å². The molecule has 3 rings (SSSR count). The molecule has 0 aliphatic carbocycles. The first-order valence-electron chi connectivity index (χ1n) is 10.2. The fraction of sp³-hybridized carbons (Fsp3) is 0.208. The van der Waals surface area contributed by atoms with Crippen LogP contribution in [0.4, 0.5) is 5.69 Å². The van der Waals surface area contributed by atoms with Gasteiger partial charge in [0.2, 0.25) is 5.91 Å². The lowest BCUT2D eigenvalue weighted by Gasteiger charge is -2.24. The molecular formula is C24H24Cl2N2O4S. The summed E-state index contributed by atoms with van der Waals surface area (Å²) < 4.78 is 32.9. The number of ether oxygens (including phenoxy) is 1. The standard InChI is InChI=1S/C24H24Cl2N2O4S/c1-32-22-12-14-23(15-13-22)33(30,31)28(21-10-8-20(26)9-11-21)17-24(29)27-16-2-3-18-4-6-19(25)7-5-18/h4-15H,2-3,16-17H2,1H3,(H,27,29). The second-order valence-corrected chi connectivity index (χ2v) is 9.98. The largest absolute Gasteiger partial charge is 0.497 e. The van der Waals surface area contributed by atoms with Gasteiger partial charge in [0, 0.05) is 16.6 Å². The Kier molecular flexibility index (Phi) is 8.61. The number of anilines is 1. The van der Waals surface area contributed by atoms with E-state index in [0.29, 0.717) is 34.4 Å². The topological polar surface area (TPSA) is 75.7 Å². The maximum absolute atomic E-state index is 13.4. The molecule has 9 heteroatoms. The molecule has 0 atom stereocenters. The Balaban J connectivity index is 1.70. The summed E-state index contributed by atoms with van der Waals surface area (Å²) in [6.45, 7) is 0.0510. The summed E-state index contributed by atoms with van der Waals surface area (Å²) in [5.74, 6) is 0.128. The number of carbonyl (C=O) groups is 1. The normalized spacial score (nSPS) is 11.1. The van der Waals surface area contributed by atoms with Crippen molar-refractivity contribution in [1.82, 2.24) is 5.32 Å². The Labute approximate surface area is 204 Å². The fourth-order valence-corrected chi connectivity index (χ4v) is 4.83. The first-order chi connectivity index (χ1) is 15.8. The number of hydrogen-bond donors (Lipinski definition) is 1. The highest BCUT2D eigenvalue weighted by Gasteiger charge is 2.27. The smallest absolute Gasteiger partial charge is 0.264 e. The summed E-state index contributed by atoms with van der Waals surface area (Å²) in [5.41, 5.74) is 1.45. The zero-order valence-corrected chi connectivity index (χ0v) is 20.3. The maximum atomic E-state index is 13.4. The van der Waals surface area contributed by atoms with Gasteiger partial charge in [-0.05, 0) is 79.1 Å². The molecule has 3 aromatic carbocycles. The number of hydrogen-bond acceptors (Lipinski definition) is 4. The molecule has 0 aliphatic rings. The molecule has 0 fully saturated rings. The zero-order valence-electron chi connectivity index (χ0n) is 18.0. The van der Waals surface area contributed by atoms with Crippen molar-refractivity contribution in [2.75, 3.05) is 24.5 Å². The van der Waals surface area contributed by atoms with Crippen molar-refractivity contribution < 1.29 is 17.9 Å². The maximum Gasteiger partial charge on any atom is 0.264 e. The fourth-order valence-electron chi connectivity index (χ4n) is 3.16. The Morgan fingerprint density at radius 3 is 2.06 bits per heavy atom. The van der Waals surface area contributed by atoms with Gasteiger partial charge in [-0.15, -0.1) is 0 Å². The third-order valence-electron chi connectivity index (χ3n) is 4.93. The van der Waals surface area contributed by atoms with Crippen molar-refractivity contribution in [2.45, 2.75) is 17.7 Å². The highest BCUT2D eigenvalue weighted by molar-refractivity contribution is 7.92. The number of aryl methyl sites for hydroxylation is 1. The van der Waals surface area contributed by atoms with Crippen molar-refractivity contribution in [3.63, 3.8) is 0 Å². The van der Waals surface area contributed by atoms with Crippen LogP contribution in [-0.2, 0) is 21.2 Å². The van der Waals surface area contributed by atoms with E-state index in [0.717, 1.165) is 16.3 Å². The van der Waals surface area contributed by atoms with Crippen LogP contribution in [0.25, 0.3) is 0 Å². The van der Waals surface area contributed by atoms with Gasteiger partial charge >= 0.3 is 0 Å². The van der Waals surface area contributed by atoms with Crippen LogP contribution in [0, 0.1) is 0 Å². The van der Waals surface area contributed by atoms with Crippen molar-refractivity contribution >= 4 is 44.8 Å². The number of carbonyl (C=O) groups excluding carboxylic acids is 1. The monoisotopic (exact) mass is 506 g/mol. The van der Waals surface area contributed by atoms with Crippen LogP contribution < -0.4 is 14.4 Å². The lowest BCUT2D eigenvalue weighted by Crippen LogP contribution is -2.41. The van der Waals surface area contributed by atoms with Gasteiger partial charge in [-0.25, -0.2) is 8.42 Å². The van der Waals surface area contributed by atoms with Gasteiger partial charge < -0.3 is 10.1 Å². The van der Waals surface area contributed by atoms with Crippen molar-refractivity contribution in [3.05, 3.63) is 88.4 Å². The third-order valence-corrected chi connectivity index (χ3v) is 7.22. The number of nitrogens with one attached hydrogen (secondary N) is 1.